The molecule has 3 N–H and O–H groups in total. The van der Waals surface area contributed by atoms with E-state index in [0.717, 1.165) is 30.6 Å². The molecule has 3 unspecified atom stereocenters. The SMILES string of the molecule is Oc1ccc(C2CCCC3C2Oc2cc(O)ccc2C32CCCCC2)c(O)c1. The predicted octanol–water partition coefficient (Wildman–Crippen LogP) is 5.35. The Hall–Kier alpha value is -2.36. The van der Waals surface area contributed by atoms with Gasteiger partial charge in [0, 0.05) is 40.5 Å². The first-order chi connectivity index (χ1) is 13.6. The molecule has 0 aromatic heterocycles. The van der Waals surface area contributed by atoms with Gasteiger partial charge >= 0.3 is 0 Å². The van der Waals surface area contributed by atoms with Crippen molar-refractivity contribution in [3.63, 3.8) is 0 Å². The quantitative estimate of drug-likeness (QED) is 0.624. The zero-order valence-electron chi connectivity index (χ0n) is 16.1. The van der Waals surface area contributed by atoms with Crippen molar-refractivity contribution in [2.24, 2.45) is 5.92 Å². The van der Waals surface area contributed by atoms with E-state index in [1.807, 2.05) is 6.07 Å². The molecule has 2 aromatic rings. The van der Waals surface area contributed by atoms with Crippen LogP contribution in [0.2, 0.25) is 0 Å². The molecule has 3 aliphatic rings. The minimum Gasteiger partial charge on any atom is -0.508 e. The van der Waals surface area contributed by atoms with Gasteiger partial charge in [-0.3, -0.25) is 0 Å². The van der Waals surface area contributed by atoms with Gasteiger partial charge in [-0.15, -0.1) is 0 Å². The van der Waals surface area contributed by atoms with E-state index in [1.54, 1.807) is 18.2 Å². The first kappa shape index (κ1) is 17.7. The lowest BCUT2D eigenvalue weighted by molar-refractivity contribution is -0.0155. The first-order valence-electron chi connectivity index (χ1n) is 10.6. The third-order valence-corrected chi connectivity index (χ3v) is 7.46. The van der Waals surface area contributed by atoms with Crippen LogP contribution in [0.15, 0.2) is 36.4 Å². The van der Waals surface area contributed by atoms with Gasteiger partial charge in [0.1, 0.15) is 29.1 Å². The second kappa shape index (κ2) is 6.61. The Kier molecular flexibility index (Phi) is 4.18. The molecule has 2 saturated carbocycles. The maximum atomic E-state index is 10.5. The zero-order chi connectivity index (χ0) is 19.3. The smallest absolute Gasteiger partial charge is 0.127 e. The van der Waals surface area contributed by atoms with Crippen LogP contribution in [0.3, 0.4) is 0 Å². The Morgan fingerprint density at radius 3 is 2.36 bits per heavy atom. The van der Waals surface area contributed by atoms with Gasteiger partial charge < -0.3 is 20.1 Å². The van der Waals surface area contributed by atoms with E-state index in [2.05, 4.69) is 6.07 Å². The van der Waals surface area contributed by atoms with Gasteiger partial charge in [-0.25, -0.2) is 0 Å². The van der Waals surface area contributed by atoms with Crippen LogP contribution >= 0.6 is 0 Å². The van der Waals surface area contributed by atoms with E-state index in [0.29, 0.717) is 5.92 Å². The molecule has 0 bridgehead atoms. The molecule has 28 heavy (non-hydrogen) atoms. The van der Waals surface area contributed by atoms with E-state index in [-0.39, 0.29) is 34.7 Å². The van der Waals surface area contributed by atoms with Gasteiger partial charge in [-0.05, 0) is 37.8 Å². The minimum absolute atomic E-state index is 0.0170. The van der Waals surface area contributed by atoms with E-state index in [9.17, 15) is 15.3 Å². The molecule has 3 atom stereocenters. The Bertz CT molecular complexity index is 884. The summed E-state index contributed by atoms with van der Waals surface area (Å²) in [6, 6.07) is 10.6. The Balaban J connectivity index is 1.62. The van der Waals surface area contributed by atoms with Crippen LogP contribution < -0.4 is 4.74 Å². The van der Waals surface area contributed by atoms with Crippen molar-refractivity contribution in [3.05, 3.63) is 47.5 Å². The van der Waals surface area contributed by atoms with Crippen LogP contribution in [-0.4, -0.2) is 21.4 Å². The van der Waals surface area contributed by atoms with Crippen LogP contribution in [0.25, 0.3) is 0 Å². The number of hydrogen-bond acceptors (Lipinski definition) is 4. The molecule has 1 aliphatic heterocycles. The van der Waals surface area contributed by atoms with Crippen LogP contribution in [-0.2, 0) is 5.41 Å². The van der Waals surface area contributed by atoms with Gasteiger partial charge in [0.25, 0.3) is 0 Å². The molecule has 2 aromatic carbocycles. The summed E-state index contributed by atoms with van der Waals surface area (Å²) in [4.78, 5) is 0. The number of phenolic OH excluding ortho intramolecular Hbond substituents is 3. The molecule has 148 valence electrons. The minimum atomic E-state index is -0.0170. The van der Waals surface area contributed by atoms with Crippen molar-refractivity contribution in [1.29, 1.82) is 0 Å². The van der Waals surface area contributed by atoms with Crippen molar-refractivity contribution in [2.45, 2.75) is 68.8 Å². The Morgan fingerprint density at radius 1 is 0.821 bits per heavy atom. The molecule has 2 aliphatic carbocycles. The fourth-order valence-electron chi connectivity index (χ4n) is 6.29. The van der Waals surface area contributed by atoms with Gasteiger partial charge in [0.2, 0.25) is 0 Å². The summed E-state index contributed by atoms with van der Waals surface area (Å²) in [5, 5.41) is 30.3. The maximum absolute atomic E-state index is 10.5. The highest BCUT2D eigenvalue weighted by atomic mass is 16.5. The van der Waals surface area contributed by atoms with Gasteiger partial charge in [-0.2, -0.15) is 0 Å². The van der Waals surface area contributed by atoms with Crippen LogP contribution in [0.4, 0.5) is 0 Å². The largest absolute Gasteiger partial charge is 0.508 e. The molecule has 1 spiro atoms. The molecule has 0 radical (unpaired) electrons. The van der Waals surface area contributed by atoms with Crippen LogP contribution in [0.5, 0.6) is 23.0 Å². The van der Waals surface area contributed by atoms with E-state index >= 15 is 0 Å². The number of ether oxygens (including phenoxy) is 1. The standard InChI is InChI=1S/C24H28O4/c25-15-7-9-17(21(27)13-15)18-5-4-6-20-23(18)28-22-14-16(26)8-10-19(22)24(20)11-2-1-3-12-24/h7-10,13-14,18,20,23,25-27H,1-6,11-12H2. The van der Waals surface area contributed by atoms with Gasteiger partial charge in [0.05, 0.1) is 0 Å². The maximum Gasteiger partial charge on any atom is 0.127 e. The van der Waals surface area contributed by atoms with E-state index in [4.69, 9.17) is 4.74 Å². The second-order valence-corrected chi connectivity index (χ2v) is 8.87. The molecule has 4 heteroatoms. The summed E-state index contributed by atoms with van der Waals surface area (Å²) in [5.41, 5.74) is 2.24. The lowest BCUT2D eigenvalue weighted by Gasteiger charge is -2.54. The summed E-state index contributed by atoms with van der Waals surface area (Å²) < 4.78 is 6.56. The topological polar surface area (TPSA) is 69.9 Å². The van der Waals surface area contributed by atoms with Crippen molar-refractivity contribution >= 4 is 0 Å². The number of benzene rings is 2. The van der Waals surface area contributed by atoms with Crippen molar-refractivity contribution in [1.82, 2.24) is 0 Å². The molecule has 2 fully saturated rings. The van der Waals surface area contributed by atoms with Crippen molar-refractivity contribution in [3.8, 4) is 23.0 Å². The molecule has 0 amide bonds. The molecule has 0 saturated heterocycles. The number of fused-ring (bicyclic) bond motifs is 4. The summed E-state index contributed by atoms with van der Waals surface area (Å²) in [6.07, 6.45) is 9.30. The van der Waals surface area contributed by atoms with Crippen LogP contribution in [0, 0.1) is 5.92 Å². The highest BCUT2D eigenvalue weighted by Gasteiger charge is 2.53. The highest BCUT2D eigenvalue weighted by molar-refractivity contribution is 5.49. The average Bonchev–Trinajstić information content (AvgIpc) is 2.69. The number of aromatic hydroxyl groups is 3. The fourth-order valence-corrected chi connectivity index (χ4v) is 6.29. The second-order valence-electron chi connectivity index (χ2n) is 8.87. The van der Waals surface area contributed by atoms with Crippen LogP contribution in [0.1, 0.15) is 68.4 Å². The normalized spacial score (nSPS) is 28.2. The van der Waals surface area contributed by atoms with Gasteiger partial charge in [0.15, 0.2) is 0 Å². The summed E-state index contributed by atoms with van der Waals surface area (Å²) in [5.74, 6) is 1.78. The highest BCUT2D eigenvalue weighted by Crippen LogP contribution is 2.59. The number of phenols is 3. The monoisotopic (exact) mass is 380 g/mol. The molecule has 1 heterocycles. The van der Waals surface area contributed by atoms with Gasteiger partial charge in [-0.1, -0.05) is 37.8 Å². The third kappa shape index (κ3) is 2.65. The molecule has 4 nitrogen and oxygen atoms in total. The lowest BCUT2D eigenvalue weighted by atomic mass is 9.54. The van der Waals surface area contributed by atoms with Crippen molar-refractivity contribution < 1.29 is 20.1 Å². The average molecular weight is 380 g/mol. The number of rotatable bonds is 1. The summed E-state index contributed by atoms with van der Waals surface area (Å²) in [7, 11) is 0. The number of hydrogen-bond donors (Lipinski definition) is 3. The summed E-state index contributed by atoms with van der Waals surface area (Å²) in [6.45, 7) is 0. The fraction of sp³-hybridized carbons (Fsp3) is 0.500. The van der Waals surface area contributed by atoms with E-state index < -0.39 is 0 Å². The third-order valence-electron chi connectivity index (χ3n) is 7.46. The predicted molar refractivity (Wildman–Crippen MR) is 107 cm³/mol. The first-order valence-corrected chi connectivity index (χ1v) is 10.6. The zero-order valence-corrected chi connectivity index (χ0v) is 16.1. The lowest BCUT2D eigenvalue weighted by Crippen LogP contribution is -2.52. The Morgan fingerprint density at radius 2 is 1.57 bits per heavy atom. The van der Waals surface area contributed by atoms with E-state index in [1.165, 1.54) is 43.7 Å². The molecular formula is C24H28O4. The summed E-state index contributed by atoms with van der Waals surface area (Å²) >= 11 is 0. The molecule has 5 rings (SSSR count). The molecular weight excluding hydrogens is 352 g/mol. The van der Waals surface area contributed by atoms with Crippen molar-refractivity contribution in [2.75, 3.05) is 0 Å². The Labute approximate surface area is 165 Å².